The summed E-state index contributed by atoms with van der Waals surface area (Å²) < 4.78 is 5.25. The van der Waals surface area contributed by atoms with E-state index in [1.807, 2.05) is 0 Å². The highest BCUT2D eigenvalue weighted by Gasteiger charge is 2.47. The van der Waals surface area contributed by atoms with Crippen molar-refractivity contribution in [2.45, 2.75) is 50.5 Å². The van der Waals surface area contributed by atoms with Gasteiger partial charge in [-0.25, -0.2) is 4.79 Å². The van der Waals surface area contributed by atoms with Crippen LogP contribution in [0.1, 0.15) is 55.3 Å². The minimum absolute atomic E-state index is 0. The number of ether oxygens (including phenoxy) is 1. The molecule has 2 aliphatic heterocycles. The summed E-state index contributed by atoms with van der Waals surface area (Å²) in [7, 11) is 1.55. The molecule has 2 heterocycles. The van der Waals surface area contributed by atoms with E-state index in [1.54, 1.807) is 25.3 Å². The van der Waals surface area contributed by atoms with Crippen molar-refractivity contribution >= 4 is 41.7 Å². The Morgan fingerprint density at radius 3 is 2.50 bits per heavy atom. The summed E-state index contributed by atoms with van der Waals surface area (Å²) in [4.78, 5) is 38.1. The fourth-order valence-corrected chi connectivity index (χ4v) is 4.22. The molecule has 166 valence electrons. The van der Waals surface area contributed by atoms with Crippen LogP contribution in [0.3, 0.4) is 0 Å². The molecule has 2 aliphatic rings. The lowest BCUT2D eigenvalue weighted by molar-refractivity contribution is -0.125. The van der Waals surface area contributed by atoms with Crippen LogP contribution in [0.15, 0.2) is 18.2 Å². The number of nitrogens with zero attached hydrogens (tertiary/aromatic N) is 1. The van der Waals surface area contributed by atoms with E-state index in [0.29, 0.717) is 35.6 Å². The molecule has 3 amide bonds. The number of rotatable bonds is 9. The van der Waals surface area contributed by atoms with E-state index in [0.717, 1.165) is 45.3 Å². The zero-order valence-electron chi connectivity index (χ0n) is 17.2. The fraction of sp³-hybridized carbons (Fsp3) is 0.571. The molecule has 2 saturated heterocycles. The van der Waals surface area contributed by atoms with Crippen molar-refractivity contribution in [2.24, 2.45) is 0 Å². The number of Topliss-reactive ketones (excluding diaryl/α,β-unsaturated/α-hetero) is 1. The first-order valence-corrected chi connectivity index (χ1v) is 10.5. The number of hydrogen-bond donors (Lipinski definition) is 2. The molecule has 2 fully saturated rings. The molecule has 7 nitrogen and oxygen atoms in total. The lowest BCUT2D eigenvalue weighted by Crippen LogP contribution is -2.54. The van der Waals surface area contributed by atoms with Gasteiger partial charge < -0.3 is 15.0 Å². The Morgan fingerprint density at radius 2 is 1.87 bits per heavy atom. The van der Waals surface area contributed by atoms with Gasteiger partial charge in [0.2, 0.25) is 0 Å². The number of imide groups is 1. The quantitative estimate of drug-likeness (QED) is 0.336. The van der Waals surface area contributed by atoms with Crippen molar-refractivity contribution < 1.29 is 19.1 Å². The Balaban J connectivity index is 0.00000320. The van der Waals surface area contributed by atoms with Gasteiger partial charge in [0.15, 0.2) is 5.78 Å². The number of hydrogen-bond acceptors (Lipinski definition) is 5. The maximum absolute atomic E-state index is 12.4. The maximum Gasteiger partial charge on any atom is 0.322 e. The van der Waals surface area contributed by atoms with Gasteiger partial charge in [-0.2, -0.15) is 0 Å². The van der Waals surface area contributed by atoms with Gasteiger partial charge in [-0.05, 0) is 50.4 Å². The Kier molecular flexibility index (Phi) is 8.94. The molecule has 0 atom stereocenters. The number of ketones is 1. The van der Waals surface area contributed by atoms with Crippen molar-refractivity contribution in [3.63, 3.8) is 0 Å². The van der Waals surface area contributed by atoms with E-state index >= 15 is 0 Å². The fourth-order valence-electron chi connectivity index (χ4n) is 4.05. The molecule has 0 saturated carbocycles. The summed E-state index contributed by atoms with van der Waals surface area (Å²) in [6.45, 7) is 2.59. The maximum atomic E-state index is 12.4. The molecule has 3 rings (SSSR count). The SMILES string of the molecule is COc1ccc(Cl)cc1C(=O)CCCCCCN1CCC2(CC1)NC(=O)NC2=O.Cl. The monoisotopic (exact) mass is 457 g/mol. The number of nitrogens with one attached hydrogen (secondary N) is 2. The average molecular weight is 458 g/mol. The van der Waals surface area contributed by atoms with Crippen LogP contribution in [-0.4, -0.2) is 54.9 Å². The highest BCUT2D eigenvalue weighted by Crippen LogP contribution is 2.26. The molecule has 0 bridgehead atoms. The lowest BCUT2D eigenvalue weighted by Gasteiger charge is -2.36. The third-order valence-electron chi connectivity index (χ3n) is 5.81. The first-order chi connectivity index (χ1) is 13.9. The molecule has 0 aromatic heterocycles. The molecular weight excluding hydrogens is 429 g/mol. The number of unbranched alkanes of at least 4 members (excludes halogenated alkanes) is 3. The Labute approximate surface area is 188 Å². The third-order valence-corrected chi connectivity index (χ3v) is 6.05. The predicted octanol–water partition coefficient (Wildman–Crippen LogP) is 3.58. The van der Waals surface area contributed by atoms with Crippen LogP contribution in [0, 0.1) is 0 Å². The van der Waals surface area contributed by atoms with E-state index in [9.17, 15) is 14.4 Å². The Hall–Kier alpha value is -1.83. The zero-order valence-corrected chi connectivity index (χ0v) is 18.7. The van der Waals surface area contributed by atoms with Crippen molar-refractivity contribution in [3.05, 3.63) is 28.8 Å². The Morgan fingerprint density at radius 1 is 1.17 bits per heavy atom. The number of benzene rings is 1. The van der Waals surface area contributed by atoms with E-state index in [-0.39, 0.29) is 30.1 Å². The van der Waals surface area contributed by atoms with E-state index in [1.165, 1.54) is 0 Å². The zero-order chi connectivity index (χ0) is 20.9. The first kappa shape index (κ1) is 24.4. The lowest BCUT2D eigenvalue weighted by atomic mass is 9.87. The number of piperidine rings is 1. The van der Waals surface area contributed by atoms with E-state index in [4.69, 9.17) is 16.3 Å². The second-order valence-corrected chi connectivity index (χ2v) is 8.20. The average Bonchev–Trinajstić information content (AvgIpc) is 2.98. The summed E-state index contributed by atoms with van der Waals surface area (Å²) in [5.41, 5.74) is -0.153. The van der Waals surface area contributed by atoms with Gasteiger partial charge in [0.1, 0.15) is 11.3 Å². The number of likely N-dealkylation sites (tertiary alicyclic amines) is 1. The summed E-state index contributed by atoms with van der Waals surface area (Å²) >= 11 is 5.99. The normalized spacial score (nSPS) is 17.9. The number of methoxy groups -OCH3 is 1. The van der Waals surface area contributed by atoms with Crippen LogP contribution in [0.2, 0.25) is 5.02 Å². The van der Waals surface area contributed by atoms with Crippen LogP contribution in [0.4, 0.5) is 4.79 Å². The van der Waals surface area contributed by atoms with Crippen molar-refractivity contribution in [1.29, 1.82) is 0 Å². The minimum atomic E-state index is -0.699. The van der Waals surface area contributed by atoms with Gasteiger partial charge >= 0.3 is 6.03 Å². The third kappa shape index (κ3) is 5.86. The number of carbonyl (C=O) groups excluding carboxylic acids is 3. The van der Waals surface area contributed by atoms with Gasteiger partial charge in [0, 0.05) is 24.5 Å². The summed E-state index contributed by atoms with van der Waals surface area (Å²) in [6, 6.07) is 4.72. The molecular formula is C21H29Cl2N3O4. The Bertz CT molecular complexity index is 780. The van der Waals surface area contributed by atoms with Crippen LogP contribution in [0.5, 0.6) is 5.75 Å². The number of halogens is 2. The van der Waals surface area contributed by atoms with Gasteiger partial charge in [0.25, 0.3) is 5.91 Å². The standard InChI is InChI=1S/C21H28ClN3O4.ClH/c1-29-18-8-7-15(22)14-16(18)17(26)6-4-2-3-5-11-25-12-9-21(10-13-25)19(27)23-20(28)24-21;/h7-8,14H,2-6,9-13H2,1H3,(H2,23,24,27,28);1H. The number of amides is 3. The highest BCUT2D eigenvalue weighted by molar-refractivity contribution is 6.31. The molecule has 1 spiro atoms. The van der Waals surface area contributed by atoms with Crippen molar-refractivity contribution in [3.8, 4) is 5.75 Å². The minimum Gasteiger partial charge on any atom is -0.496 e. The van der Waals surface area contributed by atoms with Crippen molar-refractivity contribution in [2.75, 3.05) is 26.7 Å². The summed E-state index contributed by atoms with van der Waals surface area (Å²) in [5.74, 6) is 0.431. The first-order valence-electron chi connectivity index (χ1n) is 10.2. The van der Waals surface area contributed by atoms with Crippen LogP contribution in [-0.2, 0) is 4.79 Å². The topological polar surface area (TPSA) is 87.7 Å². The molecule has 0 unspecified atom stereocenters. The molecule has 0 aliphatic carbocycles. The molecule has 0 radical (unpaired) electrons. The van der Waals surface area contributed by atoms with E-state index in [2.05, 4.69) is 15.5 Å². The van der Waals surface area contributed by atoms with Gasteiger partial charge in [-0.1, -0.05) is 24.4 Å². The summed E-state index contributed by atoms with van der Waals surface area (Å²) in [6.07, 6.45) is 5.73. The van der Waals surface area contributed by atoms with Gasteiger partial charge in [-0.3, -0.25) is 14.9 Å². The van der Waals surface area contributed by atoms with Crippen molar-refractivity contribution in [1.82, 2.24) is 15.5 Å². The molecule has 30 heavy (non-hydrogen) atoms. The second-order valence-electron chi connectivity index (χ2n) is 7.76. The largest absolute Gasteiger partial charge is 0.496 e. The highest BCUT2D eigenvalue weighted by atomic mass is 35.5. The number of urea groups is 1. The van der Waals surface area contributed by atoms with E-state index < -0.39 is 5.54 Å². The predicted molar refractivity (Wildman–Crippen MR) is 118 cm³/mol. The summed E-state index contributed by atoms with van der Waals surface area (Å²) in [5, 5.41) is 5.66. The van der Waals surface area contributed by atoms with Crippen LogP contribution in [0.25, 0.3) is 0 Å². The molecule has 2 N–H and O–H groups in total. The second kappa shape index (κ2) is 11.0. The van der Waals surface area contributed by atoms with Gasteiger partial charge in [0.05, 0.1) is 12.7 Å². The van der Waals surface area contributed by atoms with Gasteiger partial charge in [-0.15, -0.1) is 12.4 Å². The molecule has 1 aromatic rings. The molecule has 9 heteroatoms. The number of carbonyl (C=O) groups is 3. The smallest absolute Gasteiger partial charge is 0.322 e. The van der Waals surface area contributed by atoms with Crippen LogP contribution < -0.4 is 15.4 Å². The van der Waals surface area contributed by atoms with Crippen LogP contribution >= 0.6 is 24.0 Å². The molecule has 1 aromatic carbocycles.